The van der Waals surface area contributed by atoms with Gasteiger partial charge in [-0.25, -0.2) is 0 Å². The minimum atomic E-state index is -0.122. The lowest BCUT2D eigenvalue weighted by Crippen LogP contribution is -2.46. The molecule has 0 aliphatic carbocycles. The van der Waals surface area contributed by atoms with E-state index in [0.717, 1.165) is 12.2 Å². The fourth-order valence-corrected chi connectivity index (χ4v) is 2.64. The quantitative estimate of drug-likeness (QED) is 0.493. The zero-order chi connectivity index (χ0) is 19.7. The SMILES string of the molecule is CCc1ccc(C(C)(C)CNC(=NC)NCC(=O)NCc2ccco2)cc1. The second kappa shape index (κ2) is 9.80. The highest BCUT2D eigenvalue weighted by Gasteiger charge is 2.21. The summed E-state index contributed by atoms with van der Waals surface area (Å²) in [6, 6.07) is 12.3. The topological polar surface area (TPSA) is 78.7 Å². The van der Waals surface area contributed by atoms with Crippen molar-refractivity contribution in [3.63, 3.8) is 0 Å². The van der Waals surface area contributed by atoms with Gasteiger partial charge in [-0.05, 0) is 29.7 Å². The Balaban J connectivity index is 1.78. The van der Waals surface area contributed by atoms with Gasteiger partial charge in [-0.3, -0.25) is 9.79 Å². The summed E-state index contributed by atoms with van der Waals surface area (Å²) in [6.07, 6.45) is 2.63. The summed E-state index contributed by atoms with van der Waals surface area (Å²) in [5, 5.41) is 9.14. The van der Waals surface area contributed by atoms with Gasteiger partial charge in [-0.2, -0.15) is 0 Å². The molecule has 2 rings (SSSR count). The van der Waals surface area contributed by atoms with Crippen LogP contribution in [0.15, 0.2) is 52.1 Å². The average molecular weight is 370 g/mol. The van der Waals surface area contributed by atoms with E-state index in [1.54, 1.807) is 19.4 Å². The molecule has 0 unspecified atom stereocenters. The van der Waals surface area contributed by atoms with E-state index in [4.69, 9.17) is 4.42 Å². The molecular weight excluding hydrogens is 340 g/mol. The van der Waals surface area contributed by atoms with Gasteiger partial charge in [0.05, 0.1) is 19.4 Å². The van der Waals surface area contributed by atoms with Crippen LogP contribution in [0, 0.1) is 0 Å². The first kappa shape index (κ1) is 20.6. The van der Waals surface area contributed by atoms with Gasteiger partial charge in [0.25, 0.3) is 0 Å². The zero-order valence-electron chi connectivity index (χ0n) is 16.6. The van der Waals surface area contributed by atoms with E-state index < -0.39 is 0 Å². The van der Waals surface area contributed by atoms with Gasteiger partial charge in [0, 0.05) is 19.0 Å². The van der Waals surface area contributed by atoms with E-state index in [-0.39, 0.29) is 17.9 Å². The van der Waals surface area contributed by atoms with Crippen molar-refractivity contribution >= 4 is 11.9 Å². The summed E-state index contributed by atoms with van der Waals surface area (Å²) in [5.41, 5.74) is 2.53. The predicted molar refractivity (Wildman–Crippen MR) is 109 cm³/mol. The molecule has 6 heteroatoms. The van der Waals surface area contributed by atoms with Crippen molar-refractivity contribution in [2.75, 3.05) is 20.1 Å². The number of nitrogens with one attached hydrogen (secondary N) is 3. The van der Waals surface area contributed by atoms with Crippen LogP contribution in [-0.2, 0) is 23.2 Å². The van der Waals surface area contributed by atoms with Gasteiger partial charge in [-0.1, -0.05) is 45.0 Å². The highest BCUT2D eigenvalue weighted by Crippen LogP contribution is 2.22. The lowest BCUT2D eigenvalue weighted by atomic mass is 9.84. The summed E-state index contributed by atoms with van der Waals surface area (Å²) in [6.45, 7) is 7.75. The zero-order valence-corrected chi connectivity index (χ0v) is 16.6. The minimum Gasteiger partial charge on any atom is -0.467 e. The smallest absolute Gasteiger partial charge is 0.239 e. The van der Waals surface area contributed by atoms with Gasteiger partial charge in [0.1, 0.15) is 5.76 Å². The van der Waals surface area contributed by atoms with Crippen molar-refractivity contribution in [3.05, 3.63) is 59.5 Å². The van der Waals surface area contributed by atoms with Crippen molar-refractivity contribution in [1.29, 1.82) is 0 Å². The molecular formula is C21H30N4O2. The number of carbonyl (C=O) groups is 1. The number of aliphatic imine (C=N–C) groups is 1. The Bertz CT molecular complexity index is 734. The number of aryl methyl sites for hydroxylation is 1. The van der Waals surface area contributed by atoms with Crippen LogP contribution in [0.3, 0.4) is 0 Å². The fourth-order valence-electron chi connectivity index (χ4n) is 2.64. The predicted octanol–water partition coefficient (Wildman–Crippen LogP) is 2.60. The minimum absolute atomic E-state index is 0.0641. The molecule has 1 aromatic heterocycles. The molecule has 3 N–H and O–H groups in total. The molecule has 1 aromatic carbocycles. The molecule has 0 saturated carbocycles. The van der Waals surface area contributed by atoms with Gasteiger partial charge in [0.2, 0.25) is 5.91 Å². The van der Waals surface area contributed by atoms with Crippen LogP contribution in [0.25, 0.3) is 0 Å². The number of hydrogen-bond donors (Lipinski definition) is 3. The Morgan fingerprint density at radius 3 is 2.44 bits per heavy atom. The van der Waals surface area contributed by atoms with Gasteiger partial charge < -0.3 is 20.4 Å². The number of hydrogen-bond acceptors (Lipinski definition) is 3. The van der Waals surface area contributed by atoms with Crippen LogP contribution in [0.1, 0.15) is 37.7 Å². The molecule has 0 aliphatic heterocycles. The maximum atomic E-state index is 11.9. The lowest BCUT2D eigenvalue weighted by molar-refractivity contribution is -0.120. The largest absolute Gasteiger partial charge is 0.467 e. The van der Waals surface area contributed by atoms with E-state index in [1.807, 2.05) is 6.07 Å². The first-order chi connectivity index (χ1) is 12.9. The molecule has 0 atom stereocenters. The third kappa shape index (κ3) is 6.47. The molecule has 0 saturated heterocycles. The number of guanidine groups is 1. The van der Waals surface area contributed by atoms with Crippen LogP contribution < -0.4 is 16.0 Å². The van der Waals surface area contributed by atoms with Crippen LogP contribution >= 0.6 is 0 Å². The Morgan fingerprint density at radius 1 is 1.11 bits per heavy atom. The maximum absolute atomic E-state index is 11.9. The molecule has 27 heavy (non-hydrogen) atoms. The monoisotopic (exact) mass is 370 g/mol. The maximum Gasteiger partial charge on any atom is 0.239 e. The van der Waals surface area contributed by atoms with Gasteiger partial charge >= 0.3 is 0 Å². The Morgan fingerprint density at radius 2 is 1.85 bits per heavy atom. The summed E-state index contributed by atoms with van der Waals surface area (Å²) >= 11 is 0. The van der Waals surface area contributed by atoms with Gasteiger partial charge in [0.15, 0.2) is 5.96 Å². The van der Waals surface area contributed by atoms with Crippen molar-refractivity contribution in [2.45, 2.75) is 39.2 Å². The molecule has 146 valence electrons. The summed E-state index contributed by atoms with van der Waals surface area (Å²) < 4.78 is 5.19. The van der Waals surface area contributed by atoms with E-state index in [1.165, 1.54) is 11.1 Å². The molecule has 1 amide bonds. The highest BCUT2D eigenvalue weighted by molar-refractivity contribution is 5.86. The molecule has 0 fully saturated rings. The second-order valence-corrected chi connectivity index (χ2v) is 7.07. The van der Waals surface area contributed by atoms with E-state index in [9.17, 15) is 4.79 Å². The van der Waals surface area contributed by atoms with Crippen LogP contribution in [-0.4, -0.2) is 32.0 Å². The fraction of sp³-hybridized carbons (Fsp3) is 0.429. The number of rotatable bonds is 8. The molecule has 1 heterocycles. The first-order valence-electron chi connectivity index (χ1n) is 9.27. The van der Waals surface area contributed by atoms with E-state index >= 15 is 0 Å². The highest BCUT2D eigenvalue weighted by atomic mass is 16.3. The first-order valence-corrected chi connectivity index (χ1v) is 9.27. The van der Waals surface area contributed by atoms with E-state index in [2.05, 4.69) is 66.0 Å². The molecule has 0 radical (unpaired) electrons. The van der Waals surface area contributed by atoms with Gasteiger partial charge in [-0.15, -0.1) is 0 Å². The number of furan rings is 1. The number of amides is 1. The van der Waals surface area contributed by atoms with Crippen LogP contribution in [0.4, 0.5) is 0 Å². The van der Waals surface area contributed by atoms with Crippen molar-refractivity contribution < 1.29 is 9.21 Å². The summed E-state index contributed by atoms with van der Waals surface area (Å²) in [7, 11) is 1.69. The molecule has 0 bridgehead atoms. The normalized spacial score (nSPS) is 11.9. The molecule has 2 aromatic rings. The van der Waals surface area contributed by atoms with Crippen molar-refractivity contribution in [2.24, 2.45) is 4.99 Å². The number of carbonyl (C=O) groups excluding carboxylic acids is 1. The molecule has 6 nitrogen and oxygen atoms in total. The van der Waals surface area contributed by atoms with Crippen LogP contribution in [0.2, 0.25) is 0 Å². The summed E-state index contributed by atoms with van der Waals surface area (Å²) in [5.74, 6) is 1.20. The second-order valence-electron chi connectivity index (χ2n) is 7.07. The van der Waals surface area contributed by atoms with E-state index in [0.29, 0.717) is 19.0 Å². The molecule has 0 spiro atoms. The third-order valence-corrected chi connectivity index (χ3v) is 4.52. The summed E-state index contributed by atoms with van der Waals surface area (Å²) in [4.78, 5) is 16.1. The number of benzene rings is 1. The average Bonchev–Trinajstić information content (AvgIpc) is 3.20. The molecule has 0 aliphatic rings. The lowest BCUT2D eigenvalue weighted by Gasteiger charge is -2.27. The number of nitrogens with zero attached hydrogens (tertiary/aromatic N) is 1. The Labute approximate surface area is 161 Å². The van der Waals surface area contributed by atoms with Crippen molar-refractivity contribution in [3.8, 4) is 0 Å². The van der Waals surface area contributed by atoms with Crippen molar-refractivity contribution in [1.82, 2.24) is 16.0 Å². The third-order valence-electron chi connectivity index (χ3n) is 4.52. The van der Waals surface area contributed by atoms with Crippen LogP contribution in [0.5, 0.6) is 0 Å². The Hall–Kier alpha value is -2.76. The Kier molecular flexibility index (Phi) is 7.46. The standard InChI is InChI=1S/C21H30N4O2/c1-5-16-8-10-17(11-9-16)21(2,3)15-25-20(22-4)24-14-19(26)23-13-18-7-6-12-27-18/h6-12H,5,13-15H2,1-4H3,(H,23,26)(H2,22,24,25).